The summed E-state index contributed by atoms with van der Waals surface area (Å²) in [4.78, 5) is 16.9. The molecule has 0 saturated heterocycles. The predicted octanol–water partition coefficient (Wildman–Crippen LogP) is 1.33. The minimum Gasteiger partial charge on any atom is -0.294 e. The van der Waals surface area contributed by atoms with Gasteiger partial charge in [-0.2, -0.15) is 0 Å². The molecule has 2 rings (SSSR count). The molecule has 3 nitrogen and oxygen atoms in total. The van der Waals surface area contributed by atoms with E-state index in [1.165, 1.54) is 0 Å². The molecule has 0 fully saturated rings. The average Bonchev–Trinajstić information content (AvgIpc) is 2.27. The number of rotatable bonds is 2. The van der Waals surface area contributed by atoms with E-state index >= 15 is 0 Å². The highest BCUT2D eigenvalue weighted by Gasteiger charge is 2.11. The summed E-state index contributed by atoms with van der Waals surface area (Å²) in [5, 5.41) is 0.630. The molecule has 0 aliphatic carbocycles. The molecule has 0 spiro atoms. The van der Waals surface area contributed by atoms with Crippen LogP contribution in [0.25, 0.3) is 10.9 Å². The molecule has 0 atom stereocenters. The zero-order valence-corrected chi connectivity index (χ0v) is 10.4. The van der Waals surface area contributed by atoms with Crippen LogP contribution in [0.4, 0.5) is 0 Å². The molecular weight excluding hydrogens is 211 g/mol. The molecule has 0 N–H and O–H groups in total. The smallest absolute Gasteiger partial charge is 0.261 e. The van der Waals surface area contributed by atoms with E-state index < -0.39 is 0 Å². The summed E-state index contributed by atoms with van der Waals surface area (Å²) in [6.45, 7) is 5.98. The van der Waals surface area contributed by atoms with E-state index in [1.54, 1.807) is 22.8 Å². The van der Waals surface area contributed by atoms with Crippen LogP contribution in [0.1, 0.15) is 32.6 Å². The summed E-state index contributed by atoms with van der Waals surface area (Å²) in [6, 6.07) is 5.35. The van der Waals surface area contributed by atoms with Gasteiger partial charge in [0.15, 0.2) is 0 Å². The van der Waals surface area contributed by atoms with Crippen molar-refractivity contribution >= 4 is 24.2 Å². The van der Waals surface area contributed by atoms with Crippen molar-refractivity contribution in [3.63, 3.8) is 0 Å². The summed E-state index contributed by atoms with van der Waals surface area (Å²) in [5.74, 6) is 0.808. The summed E-state index contributed by atoms with van der Waals surface area (Å²) < 4.78 is 1.75. The van der Waals surface area contributed by atoms with Crippen LogP contribution in [0, 0.1) is 0 Å². The Balaban J connectivity index is 2.88. The molecule has 2 radical (unpaired) electrons. The summed E-state index contributed by atoms with van der Waals surface area (Å²) in [5.41, 5.74) is 1.33. The van der Waals surface area contributed by atoms with Gasteiger partial charge in [0.2, 0.25) is 0 Å². The highest BCUT2D eigenvalue weighted by atomic mass is 16.1. The molecule has 0 saturated carbocycles. The van der Waals surface area contributed by atoms with Crippen molar-refractivity contribution in [3.8, 4) is 0 Å². The lowest BCUT2D eigenvalue weighted by molar-refractivity contribution is 0.543. The van der Waals surface area contributed by atoms with E-state index in [0.717, 1.165) is 12.2 Å². The number of benzene rings is 1. The Morgan fingerprint density at radius 2 is 2.12 bits per heavy atom. The number of fused-ring (bicyclic) bond motifs is 1. The first-order valence-corrected chi connectivity index (χ1v) is 5.85. The Bertz CT molecular complexity index is 617. The van der Waals surface area contributed by atoms with E-state index in [4.69, 9.17) is 7.85 Å². The third-order valence-electron chi connectivity index (χ3n) is 2.83. The van der Waals surface area contributed by atoms with Crippen LogP contribution in [-0.4, -0.2) is 17.4 Å². The average molecular weight is 226 g/mol. The molecule has 0 bridgehead atoms. The summed E-state index contributed by atoms with van der Waals surface area (Å²) >= 11 is 0. The third kappa shape index (κ3) is 1.99. The van der Waals surface area contributed by atoms with Crippen molar-refractivity contribution in [3.05, 3.63) is 34.4 Å². The maximum Gasteiger partial charge on any atom is 0.261 e. The molecule has 1 heterocycles. The zero-order chi connectivity index (χ0) is 12.6. The van der Waals surface area contributed by atoms with Gasteiger partial charge in [0, 0.05) is 12.5 Å². The molecule has 0 unspecified atom stereocenters. The van der Waals surface area contributed by atoms with Gasteiger partial charge in [0.25, 0.3) is 5.56 Å². The van der Waals surface area contributed by atoms with Gasteiger partial charge in [0.05, 0.1) is 10.9 Å². The molecule has 17 heavy (non-hydrogen) atoms. The Morgan fingerprint density at radius 1 is 1.41 bits per heavy atom. The second kappa shape index (κ2) is 4.36. The van der Waals surface area contributed by atoms with Crippen molar-refractivity contribution in [2.45, 2.75) is 33.2 Å². The summed E-state index contributed by atoms with van der Waals surface area (Å²) in [6.07, 6.45) is 0.734. The molecule has 2 aromatic rings. The maximum absolute atomic E-state index is 12.3. The van der Waals surface area contributed by atoms with Crippen LogP contribution in [0.15, 0.2) is 23.0 Å². The summed E-state index contributed by atoms with van der Waals surface area (Å²) in [7, 11) is 5.71. The lowest BCUT2D eigenvalue weighted by atomic mass is 9.95. The Morgan fingerprint density at radius 3 is 2.71 bits per heavy atom. The van der Waals surface area contributed by atoms with Gasteiger partial charge in [0.1, 0.15) is 13.7 Å². The van der Waals surface area contributed by atoms with Gasteiger partial charge < -0.3 is 0 Å². The van der Waals surface area contributed by atoms with Crippen molar-refractivity contribution in [2.24, 2.45) is 0 Å². The van der Waals surface area contributed by atoms with Crippen molar-refractivity contribution in [1.82, 2.24) is 9.55 Å². The van der Waals surface area contributed by atoms with Gasteiger partial charge in [-0.3, -0.25) is 9.36 Å². The van der Waals surface area contributed by atoms with Crippen LogP contribution in [0.3, 0.4) is 0 Å². The minimum absolute atomic E-state index is 0.0156. The van der Waals surface area contributed by atoms with Crippen molar-refractivity contribution in [2.75, 3.05) is 0 Å². The first-order chi connectivity index (χ1) is 8.04. The number of aryl methyl sites for hydroxylation is 1. The van der Waals surface area contributed by atoms with E-state index in [9.17, 15) is 4.79 Å². The van der Waals surface area contributed by atoms with Crippen LogP contribution in [-0.2, 0) is 6.42 Å². The molecule has 4 heteroatoms. The fraction of sp³-hybridized carbons (Fsp3) is 0.385. The first kappa shape index (κ1) is 11.9. The molecule has 1 aromatic carbocycles. The van der Waals surface area contributed by atoms with Crippen molar-refractivity contribution in [1.29, 1.82) is 0 Å². The Labute approximate surface area is 102 Å². The molecule has 86 valence electrons. The standard InChI is InChI=1S/C13H15BN2O/c1-4-12-15-11-7-9(14)5-6-10(11)13(17)16(12)8(2)3/h5-8H,4H2,1-3H3. The van der Waals surface area contributed by atoms with E-state index in [-0.39, 0.29) is 11.6 Å². The molecule has 1 aromatic heterocycles. The van der Waals surface area contributed by atoms with E-state index in [0.29, 0.717) is 16.4 Å². The van der Waals surface area contributed by atoms with Gasteiger partial charge >= 0.3 is 0 Å². The highest BCUT2D eigenvalue weighted by Crippen LogP contribution is 2.11. The monoisotopic (exact) mass is 226 g/mol. The van der Waals surface area contributed by atoms with E-state index in [1.807, 2.05) is 20.8 Å². The van der Waals surface area contributed by atoms with Gasteiger partial charge in [-0.15, -0.1) is 0 Å². The molecule has 0 aliphatic heterocycles. The fourth-order valence-corrected chi connectivity index (χ4v) is 2.04. The van der Waals surface area contributed by atoms with Crippen LogP contribution < -0.4 is 11.0 Å². The van der Waals surface area contributed by atoms with Crippen LogP contribution in [0.5, 0.6) is 0 Å². The third-order valence-corrected chi connectivity index (χ3v) is 2.83. The second-order valence-electron chi connectivity index (χ2n) is 4.43. The number of hydrogen-bond acceptors (Lipinski definition) is 2. The maximum atomic E-state index is 12.3. The lowest BCUT2D eigenvalue weighted by Gasteiger charge is -2.15. The highest BCUT2D eigenvalue weighted by molar-refractivity contribution is 6.33. The fourth-order valence-electron chi connectivity index (χ4n) is 2.04. The number of nitrogens with zero attached hydrogens (tertiary/aromatic N) is 2. The molecule has 0 amide bonds. The van der Waals surface area contributed by atoms with E-state index in [2.05, 4.69) is 4.98 Å². The SMILES string of the molecule is [B]c1ccc2c(=O)n(C(C)C)c(CC)nc2c1. The zero-order valence-electron chi connectivity index (χ0n) is 10.4. The normalized spacial score (nSPS) is 11.3. The topological polar surface area (TPSA) is 34.9 Å². The van der Waals surface area contributed by atoms with Gasteiger partial charge in [-0.1, -0.05) is 18.5 Å². The lowest BCUT2D eigenvalue weighted by Crippen LogP contribution is -2.27. The number of aromatic nitrogens is 2. The Kier molecular flexibility index (Phi) is 3.05. The quantitative estimate of drug-likeness (QED) is 0.724. The van der Waals surface area contributed by atoms with Gasteiger partial charge in [-0.05, 0) is 26.0 Å². The minimum atomic E-state index is 0.0156. The van der Waals surface area contributed by atoms with Crippen LogP contribution >= 0.6 is 0 Å². The second-order valence-corrected chi connectivity index (χ2v) is 4.43. The Hall–Kier alpha value is -1.58. The molecular formula is C13H15BN2O. The first-order valence-electron chi connectivity index (χ1n) is 5.85. The van der Waals surface area contributed by atoms with Crippen LogP contribution in [0.2, 0.25) is 0 Å². The number of hydrogen-bond donors (Lipinski definition) is 0. The molecule has 0 aliphatic rings. The van der Waals surface area contributed by atoms with Crippen molar-refractivity contribution < 1.29 is 0 Å². The largest absolute Gasteiger partial charge is 0.294 e. The van der Waals surface area contributed by atoms with Gasteiger partial charge in [-0.25, -0.2) is 4.98 Å². The predicted molar refractivity (Wildman–Crippen MR) is 71.2 cm³/mol.